The maximum atomic E-state index is 12.6. The second-order valence-electron chi connectivity index (χ2n) is 6.69. The average molecular weight is 379 g/mol. The molecule has 1 heterocycles. The highest BCUT2D eigenvalue weighted by Gasteiger charge is 2.26. The van der Waals surface area contributed by atoms with Crippen molar-refractivity contribution in [3.8, 4) is 5.75 Å². The van der Waals surface area contributed by atoms with Gasteiger partial charge in [0.2, 0.25) is 0 Å². The summed E-state index contributed by atoms with van der Waals surface area (Å²) in [7, 11) is 0. The fraction of sp³-hybridized carbons (Fsp3) is 0.304. The van der Waals surface area contributed by atoms with Gasteiger partial charge in [0.1, 0.15) is 5.75 Å². The van der Waals surface area contributed by atoms with Gasteiger partial charge in [0.15, 0.2) is 6.10 Å². The van der Waals surface area contributed by atoms with Crippen molar-refractivity contribution in [1.29, 1.82) is 0 Å². The minimum Gasteiger partial charge on any atom is -0.494 e. The van der Waals surface area contributed by atoms with Crippen LogP contribution < -0.4 is 4.74 Å². The van der Waals surface area contributed by atoms with E-state index in [4.69, 9.17) is 9.47 Å². The van der Waals surface area contributed by atoms with Crippen LogP contribution in [0.2, 0.25) is 0 Å². The lowest BCUT2D eigenvalue weighted by molar-refractivity contribution is -0.155. The van der Waals surface area contributed by atoms with E-state index in [0.717, 1.165) is 23.3 Å². The van der Waals surface area contributed by atoms with Gasteiger partial charge in [-0.1, -0.05) is 36.4 Å². The molecule has 1 aliphatic rings. The minimum atomic E-state index is -0.817. The van der Waals surface area contributed by atoms with E-state index in [2.05, 4.69) is 6.07 Å². The fourth-order valence-corrected chi connectivity index (χ4v) is 3.21. The lowest BCUT2D eigenvalue weighted by Crippen LogP contribution is -2.42. The molecule has 5 nitrogen and oxygen atoms in total. The SMILES string of the molecule is CCOc1ccc(/C=C/C(=O)O[C@@H](C)C(=O)N2CCc3ccccc3C2)cc1. The minimum absolute atomic E-state index is 0.169. The van der Waals surface area contributed by atoms with Crippen LogP contribution in [0, 0.1) is 0 Å². The van der Waals surface area contributed by atoms with Crippen LogP contribution in [-0.2, 0) is 27.3 Å². The summed E-state index contributed by atoms with van der Waals surface area (Å²) in [6.07, 6.45) is 3.00. The van der Waals surface area contributed by atoms with E-state index >= 15 is 0 Å². The van der Waals surface area contributed by atoms with E-state index in [9.17, 15) is 9.59 Å². The first kappa shape index (κ1) is 19.7. The van der Waals surface area contributed by atoms with Gasteiger partial charge in [-0.2, -0.15) is 0 Å². The molecule has 1 aliphatic heterocycles. The Labute approximate surface area is 165 Å². The molecular formula is C23H25NO4. The van der Waals surface area contributed by atoms with Crippen molar-refractivity contribution in [3.63, 3.8) is 0 Å². The molecule has 1 amide bonds. The smallest absolute Gasteiger partial charge is 0.331 e. The summed E-state index contributed by atoms with van der Waals surface area (Å²) in [5, 5.41) is 0. The first-order valence-corrected chi connectivity index (χ1v) is 9.54. The highest BCUT2D eigenvalue weighted by Crippen LogP contribution is 2.19. The summed E-state index contributed by atoms with van der Waals surface area (Å²) in [6.45, 7) is 5.34. The zero-order valence-electron chi connectivity index (χ0n) is 16.3. The van der Waals surface area contributed by atoms with Crippen LogP contribution in [-0.4, -0.2) is 36.0 Å². The monoisotopic (exact) mass is 379 g/mol. The van der Waals surface area contributed by atoms with Crippen molar-refractivity contribution in [2.75, 3.05) is 13.2 Å². The Kier molecular flexibility index (Phi) is 6.48. The van der Waals surface area contributed by atoms with Gasteiger partial charge < -0.3 is 14.4 Å². The van der Waals surface area contributed by atoms with Gasteiger partial charge in [0.25, 0.3) is 5.91 Å². The van der Waals surface area contributed by atoms with Gasteiger partial charge in [-0.05, 0) is 55.2 Å². The zero-order valence-corrected chi connectivity index (χ0v) is 16.3. The molecule has 5 heteroatoms. The van der Waals surface area contributed by atoms with Gasteiger partial charge in [-0.25, -0.2) is 4.79 Å². The number of rotatable bonds is 6. The van der Waals surface area contributed by atoms with E-state index in [0.29, 0.717) is 19.7 Å². The summed E-state index contributed by atoms with van der Waals surface area (Å²) in [4.78, 5) is 26.5. The first-order valence-electron chi connectivity index (χ1n) is 9.54. The van der Waals surface area contributed by atoms with Crippen LogP contribution in [0.15, 0.2) is 54.6 Å². The molecular weight excluding hydrogens is 354 g/mol. The average Bonchev–Trinajstić information content (AvgIpc) is 2.72. The molecule has 0 bridgehead atoms. The molecule has 0 spiro atoms. The molecule has 0 aromatic heterocycles. The van der Waals surface area contributed by atoms with Gasteiger partial charge in [0.05, 0.1) is 6.61 Å². The number of ether oxygens (including phenoxy) is 2. The van der Waals surface area contributed by atoms with Gasteiger partial charge in [-0.3, -0.25) is 4.79 Å². The van der Waals surface area contributed by atoms with Crippen LogP contribution in [0.25, 0.3) is 6.08 Å². The molecule has 0 radical (unpaired) electrons. The number of esters is 1. The van der Waals surface area contributed by atoms with E-state index in [1.54, 1.807) is 17.9 Å². The predicted octanol–water partition coefficient (Wildman–Crippen LogP) is 3.62. The highest BCUT2D eigenvalue weighted by atomic mass is 16.5. The van der Waals surface area contributed by atoms with Crippen molar-refractivity contribution in [2.24, 2.45) is 0 Å². The van der Waals surface area contributed by atoms with E-state index in [-0.39, 0.29) is 5.91 Å². The van der Waals surface area contributed by atoms with Gasteiger partial charge in [-0.15, -0.1) is 0 Å². The number of hydrogen-bond acceptors (Lipinski definition) is 4. The number of fused-ring (bicyclic) bond motifs is 1. The number of benzene rings is 2. The maximum absolute atomic E-state index is 12.6. The predicted molar refractivity (Wildman–Crippen MR) is 108 cm³/mol. The number of hydrogen-bond donors (Lipinski definition) is 0. The normalized spacial score (nSPS) is 14.4. The Morgan fingerprint density at radius 2 is 1.82 bits per heavy atom. The van der Waals surface area contributed by atoms with Crippen LogP contribution in [0.1, 0.15) is 30.5 Å². The lowest BCUT2D eigenvalue weighted by atomic mass is 9.99. The molecule has 1 atom stereocenters. The van der Waals surface area contributed by atoms with Crippen molar-refractivity contribution in [1.82, 2.24) is 4.90 Å². The van der Waals surface area contributed by atoms with Gasteiger partial charge >= 0.3 is 5.97 Å². The summed E-state index contributed by atoms with van der Waals surface area (Å²) in [5.41, 5.74) is 3.28. The molecule has 3 rings (SSSR count). The third kappa shape index (κ3) is 5.00. The Balaban J connectivity index is 1.53. The molecule has 0 N–H and O–H groups in total. The Bertz CT molecular complexity index is 857. The first-order chi connectivity index (χ1) is 13.6. The fourth-order valence-electron chi connectivity index (χ4n) is 3.21. The second-order valence-corrected chi connectivity index (χ2v) is 6.69. The summed E-state index contributed by atoms with van der Waals surface area (Å²) >= 11 is 0. The lowest BCUT2D eigenvalue weighted by Gasteiger charge is -2.30. The Morgan fingerprint density at radius 1 is 1.11 bits per heavy atom. The third-order valence-electron chi connectivity index (χ3n) is 4.69. The summed E-state index contributed by atoms with van der Waals surface area (Å²) in [5.74, 6) is 0.0778. The maximum Gasteiger partial charge on any atom is 0.331 e. The van der Waals surface area contributed by atoms with Crippen LogP contribution in [0.5, 0.6) is 5.75 Å². The molecule has 0 unspecified atom stereocenters. The van der Waals surface area contributed by atoms with E-state index in [1.165, 1.54) is 11.6 Å². The molecule has 0 saturated heterocycles. The van der Waals surface area contributed by atoms with Gasteiger partial charge in [0, 0.05) is 19.2 Å². The largest absolute Gasteiger partial charge is 0.494 e. The van der Waals surface area contributed by atoms with Crippen molar-refractivity contribution in [3.05, 3.63) is 71.3 Å². The highest BCUT2D eigenvalue weighted by molar-refractivity contribution is 5.90. The molecule has 28 heavy (non-hydrogen) atoms. The summed E-state index contributed by atoms with van der Waals surface area (Å²) < 4.78 is 10.7. The van der Waals surface area contributed by atoms with Crippen LogP contribution in [0.4, 0.5) is 0 Å². The standard InChI is InChI=1S/C23H25NO4/c1-3-27-21-11-8-18(9-12-21)10-13-22(25)28-17(2)23(26)24-15-14-19-6-4-5-7-20(19)16-24/h4-13,17H,3,14-16H2,1-2H3/b13-10+/t17-/m0/s1. The quantitative estimate of drug-likeness (QED) is 0.568. The van der Waals surface area contributed by atoms with Crippen molar-refractivity contribution >= 4 is 18.0 Å². The molecule has 146 valence electrons. The molecule has 2 aromatic carbocycles. The van der Waals surface area contributed by atoms with Crippen LogP contribution >= 0.6 is 0 Å². The van der Waals surface area contributed by atoms with Crippen molar-refractivity contribution < 1.29 is 19.1 Å². The Hall–Kier alpha value is -3.08. The third-order valence-corrected chi connectivity index (χ3v) is 4.69. The molecule has 2 aromatic rings. The second kappa shape index (κ2) is 9.22. The topological polar surface area (TPSA) is 55.8 Å². The van der Waals surface area contributed by atoms with Crippen LogP contribution in [0.3, 0.4) is 0 Å². The van der Waals surface area contributed by atoms with E-state index in [1.807, 2.05) is 49.4 Å². The number of carbonyl (C=O) groups is 2. The van der Waals surface area contributed by atoms with E-state index < -0.39 is 12.1 Å². The number of amides is 1. The molecule has 0 saturated carbocycles. The number of carbonyl (C=O) groups excluding carboxylic acids is 2. The zero-order chi connectivity index (χ0) is 19.9. The van der Waals surface area contributed by atoms with Crippen molar-refractivity contribution in [2.45, 2.75) is 32.9 Å². The molecule has 0 aliphatic carbocycles. The summed E-state index contributed by atoms with van der Waals surface area (Å²) in [6, 6.07) is 15.5. The number of nitrogens with zero attached hydrogens (tertiary/aromatic N) is 1. The Morgan fingerprint density at radius 3 is 2.54 bits per heavy atom. The molecule has 0 fully saturated rings.